The number of likely N-dealkylation sites (tertiary alicyclic amines) is 1. The number of anilines is 1. The van der Waals surface area contributed by atoms with Crippen molar-refractivity contribution >= 4 is 29.6 Å². The molecule has 46 heavy (non-hydrogen) atoms. The predicted octanol–water partition coefficient (Wildman–Crippen LogP) is 5.76. The number of fused-ring (bicyclic) bond motifs is 2. The lowest BCUT2D eigenvalue weighted by Crippen LogP contribution is -2.55. The highest BCUT2D eigenvalue weighted by atomic mass is 19.3. The second-order valence-corrected chi connectivity index (χ2v) is 12.3. The van der Waals surface area contributed by atoms with E-state index in [1.807, 2.05) is 25.1 Å². The summed E-state index contributed by atoms with van der Waals surface area (Å²) in [5.41, 5.74) is 1.42. The maximum atomic E-state index is 15.5. The van der Waals surface area contributed by atoms with Gasteiger partial charge in [0, 0.05) is 37.0 Å². The molecular weight excluding hydrogens is 600 g/mol. The first-order chi connectivity index (χ1) is 21.9. The molecule has 1 fully saturated rings. The lowest BCUT2D eigenvalue weighted by atomic mass is 9.90. The largest absolute Gasteiger partial charge is 0.497 e. The summed E-state index contributed by atoms with van der Waals surface area (Å²) in [6, 6.07) is 8.66. The molecule has 3 aromatic rings. The molecule has 1 aliphatic carbocycles. The number of carbonyl (C=O) groups excluding carboxylic acids is 1. The molecule has 0 spiro atoms. The van der Waals surface area contributed by atoms with Crippen LogP contribution in [-0.4, -0.2) is 81.6 Å². The van der Waals surface area contributed by atoms with E-state index in [9.17, 15) is 4.79 Å². The maximum absolute atomic E-state index is 15.5. The van der Waals surface area contributed by atoms with Crippen LogP contribution in [0.3, 0.4) is 0 Å². The van der Waals surface area contributed by atoms with Crippen molar-refractivity contribution in [1.29, 1.82) is 0 Å². The van der Waals surface area contributed by atoms with Crippen LogP contribution < -0.4 is 10.1 Å². The smallest absolute Gasteiger partial charge is 0.410 e. The van der Waals surface area contributed by atoms with Gasteiger partial charge in [0.1, 0.15) is 53.0 Å². The average Bonchev–Trinajstić information content (AvgIpc) is 3.46. The highest BCUT2D eigenvalue weighted by Crippen LogP contribution is 2.38. The lowest BCUT2D eigenvalue weighted by Gasteiger charge is -2.40. The third-order valence-corrected chi connectivity index (χ3v) is 7.62. The topological polar surface area (TPSA) is 124 Å². The quantitative estimate of drug-likeness (QED) is 0.363. The predicted molar refractivity (Wildman–Crippen MR) is 166 cm³/mol. The van der Waals surface area contributed by atoms with Gasteiger partial charge < -0.3 is 29.2 Å². The Hall–Kier alpha value is -5.01. The zero-order valence-electron chi connectivity index (χ0n) is 26.1. The minimum atomic E-state index is -3.34. The number of ether oxygens (including phenoxy) is 4. The lowest BCUT2D eigenvalue weighted by molar-refractivity contribution is -0.158. The number of hydrogen-bond donors (Lipinski definition) is 1. The van der Waals surface area contributed by atoms with Crippen molar-refractivity contribution < 1.29 is 32.5 Å². The molecule has 0 radical (unpaired) electrons. The molecule has 2 aliphatic heterocycles. The second kappa shape index (κ2) is 12.1. The number of pyridine rings is 1. The van der Waals surface area contributed by atoms with Gasteiger partial charge in [-0.2, -0.15) is 5.10 Å². The highest BCUT2D eigenvalue weighted by molar-refractivity contribution is 6.04. The fraction of sp³-hybridized carbons (Fsp3) is 0.406. The van der Waals surface area contributed by atoms with Crippen molar-refractivity contribution in [2.45, 2.75) is 57.8 Å². The molecule has 0 bridgehead atoms. The van der Waals surface area contributed by atoms with Gasteiger partial charge in [-0.15, -0.1) is 0 Å². The number of amidine groups is 1. The number of piperidine rings is 1. The SMILES string of the molecule is COC1=CC2N=CN=C(Nc3ccc(Oc4ccn5ncnc5c4)c(C)c3)C2C(O[C@H]2CCN(C(=O)OC(C)(C)C)CC2(F)F)=C1. The fourth-order valence-corrected chi connectivity index (χ4v) is 5.42. The number of aromatic nitrogens is 3. The Kier molecular flexibility index (Phi) is 8.13. The molecule has 1 saturated heterocycles. The summed E-state index contributed by atoms with van der Waals surface area (Å²) in [6.07, 6.45) is 5.68. The van der Waals surface area contributed by atoms with E-state index < -0.39 is 42.2 Å². The summed E-state index contributed by atoms with van der Waals surface area (Å²) in [5, 5.41) is 7.43. The van der Waals surface area contributed by atoms with Crippen LogP contribution >= 0.6 is 0 Å². The molecule has 3 atom stereocenters. The Morgan fingerprint density at radius 3 is 2.74 bits per heavy atom. The molecule has 14 heteroatoms. The van der Waals surface area contributed by atoms with Crippen molar-refractivity contribution in [3.8, 4) is 11.5 Å². The summed E-state index contributed by atoms with van der Waals surface area (Å²) in [4.78, 5) is 26.6. The number of aliphatic imine (C=N–C) groups is 2. The van der Waals surface area contributed by atoms with Crippen molar-refractivity contribution in [3.05, 3.63) is 72.1 Å². The number of benzene rings is 1. The van der Waals surface area contributed by atoms with Crippen molar-refractivity contribution in [2.24, 2.45) is 15.9 Å². The molecule has 1 N–H and O–H groups in total. The van der Waals surface area contributed by atoms with Crippen molar-refractivity contribution in [3.63, 3.8) is 0 Å². The Balaban J connectivity index is 1.18. The van der Waals surface area contributed by atoms with Crippen LogP contribution in [0.1, 0.15) is 32.8 Å². The van der Waals surface area contributed by atoms with Crippen LogP contribution in [0, 0.1) is 12.8 Å². The molecule has 6 rings (SSSR count). The van der Waals surface area contributed by atoms with Gasteiger partial charge in [-0.1, -0.05) is 0 Å². The first-order valence-electron chi connectivity index (χ1n) is 14.8. The highest BCUT2D eigenvalue weighted by Gasteiger charge is 2.50. The number of allylic oxidation sites excluding steroid dienone is 1. The van der Waals surface area contributed by atoms with Gasteiger partial charge in [-0.25, -0.2) is 28.1 Å². The van der Waals surface area contributed by atoms with Gasteiger partial charge in [0.25, 0.3) is 0 Å². The molecule has 4 heterocycles. The number of halogens is 2. The van der Waals surface area contributed by atoms with Gasteiger partial charge in [-0.3, -0.25) is 4.99 Å². The van der Waals surface area contributed by atoms with E-state index in [0.29, 0.717) is 34.4 Å². The first-order valence-corrected chi connectivity index (χ1v) is 14.8. The van der Waals surface area contributed by atoms with Crippen LogP contribution in [0.5, 0.6) is 11.5 Å². The Labute approximate surface area is 264 Å². The fourth-order valence-electron chi connectivity index (χ4n) is 5.42. The molecule has 0 saturated carbocycles. The summed E-state index contributed by atoms with van der Waals surface area (Å²) < 4.78 is 55.5. The van der Waals surface area contributed by atoms with Crippen molar-refractivity contribution in [2.75, 3.05) is 25.5 Å². The number of amides is 1. The number of carbonyl (C=O) groups is 1. The number of methoxy groups -OCH3 is 1. The van der Waals surface area contributed by atoms with Crippen LogP contribution in [0.4, 0.5) is 19.3 Å². The minimum absolute atomic E-state index is 0.0569. The number of alkyl halides is 2. The van der Waals surface area contributed by atoms with Crippen LogP contribution in [-0.2, 0) is 14.2 Å². The van der Waals surface area contributed by atoms with Gasteiger partial charge in [-0.05, 0) is 63.6 Å². The number of aryl methyl sites for hydroxylation is 1. The van der Waals surface area contributed by atoms with Crippen LogP contribution in [0.2, 0.25) is 0 Å². The minimum Gasteiger partial charge on any atom is -0.497 e. The molecule has 1 aromatic carbocycles. The molecule has 3 aliphatic rings. The van der Waals surface area contributed by atoms with Gasteiger partial charge in [0.2, 0.25) is 0 Å². The Morgan fingerprint density at radius 1 is 1.17 bits per heavy atom. The third kappa shape index (κ3) is 6.65. The van der Waals surface area contributed by atoms with E-state index in [1.165, 1.54) is 19.8 Å². The van der Waals surface area contributed by atoms with E-state index in [1.54, 1.807) is 55.8 Å². The van der Waals surface area contributed by atoms with E-state index in [2.05, 4.69) is 25.4 Å². The Bertz CT molecular complexity index is 1760. The molecule has 2 aromatic heterocycles. The van der Waals surface area contributed by atoms with E-state index >= 15 is 8.78 Å². The van der Waals surface area contributed by atoms with Crippen LogP contribution in [0.15, 0.2) is 76.5 Å². The summed E-state index contributed by atoms with van der Waals surface area (Å²) in [5.74, 6) is -1.55. The average molecular weight is 636 g/mol. The number of hydrogen-bond acceptors (Lipinski definition) is 10. The Morgan fingerprint density at radius 2 is 2.00 bits per heavy atom. The zero-order valence-corrected chi connectivity index (χ0v) is 26.1. The monoisotopic (exact) mass is 635 g/mol. The standard InChI is InChI=1S/C32H35F2N7O5/c1-19-12-20(6-7-24(19)44-21-8-11-41-27(15-21)36-18-38-41)39-29-28-23(35-17-37-29)13-22(43-5)14-25(28)45-26-9-10-40(16-32(26,33)34)30(42)46-31(2,3)4/h6-8,11-15,17-18,23,26,28H,9-10,16H2,1-5H3,(H,35,37,39)/t23?,26-,28?/m0/s1. The van der Waals surface area contributed by atoms with Gasteiger partial charge >= 0.3 is 12.0 Å². The summed E-state index contributed by atoms with van der Waals surface area (Å²) >= 11 is 0. The molecule has 2 unspecified atom stereocenters. The summed E-state index contributed by atoms with van der Waals surface area (Å²) in [7, 11) is 1.49. The molecule has 1 amide bonds. The normalized spacial score (nSPS) is 22.3. The molecule has 12 nitrogen and oxygen atoms in total. The van der Waals surface area contributed by atoms with E-state index in [0.717, 1.165) is 10.5 Å². The number of nitrogens with one attached hydrogen (secondary N) is 1. The van der Waals surface area contributed by atoms with Crippen LogP contribution in [0.25, 0.3) is 5.65 Å². The van der Waals surface area contributed by atoms with E-state index in [-0.39, 0.29) is 18.7 Å². The van der Waals surface area contributed by atoms with Gasteiger partial charge in [0.05, 0.1) is 19.7 Å². The van der Waals surface area contributed by atoms with E-state index in [4.69, 9.17) is 18.9 Å². The maximum Gasteiger partial charge on any atom is 0.410 e. The second-order valence-electron chi connectivity index (χ2n) is 12.3. The third-order valence-electron chi connectivity index (χ3n) is 7.62. The van der Waals surface area contributed by atoms with Crippen molar-refractivity contribution in [1.82, 2.24) is 19.5 Å². The molecule has 242 valence electrons. The first kappa shape index (κ1) is 31.0. The summed E-state index contributed by atoms with van der Waals surface area (Å²) in [6.45, 7) is 6.22. The number of nitrogens with zero attached hydrogens (tertiary/aromatic N) is 6. The number of rotatable bonds is 6. The zero-order chi connectivity index (χ0) is 32.6. The van der Waals surface area contributed by atoms with Gasteiger partial charge in [0.15, 0.2) is 11.8 Å². The molecular formula is C32H35F2N7O5.